The number of nitrogens with zero attached hydrogens (tertiary/aromatic N) is 2. The van der Waals surface area contributed by atoms with E-state index in [0.29, 0.717) is 5.69 Å². The monoisotopic (exact) mass is 265 g/mol. The van der Waals surface area contributed by atoms with Crippen molar-refractivity contribution in [2.24, 2.45) is 16.0 Å². The first kappa shape index (κ1) is 17.3. The molecule has 0 saturated heterocycles. The Balaban J connectivity index is 0.000000742. The minimum Gasteiger partial charge on any atom is -0.543 e. The van der Waals surface area contributed by atoms with Gasteiger partial charge in [-0.25, -0.2) is 0 Å². The van der Waals surface area contributed by atoms with Crippen LogP contribution in [-0.4, -0.2) is 11.5 Å². The maximum Gasteiger partial charge on any atom is 1.00 e. The molecule has 2 aromatic carbocycles. The van der Waals surface area contributed by atoms with Crippen molar-refractivity contribution in [3.8, 4) is 5.75 Å². The van der Waals surface area contributed by atoms with Gasteiger partial charge < -0.3 is 15.6 Å². The molecule has 92 valence electrons. The van der Waals surface area contributed by atoms with E-state index >= 15 is 0 Å². The van der Waals surface area contributed by atoms with Crippen LogP contribution in [0.4, 0.5) is 11.4 Å². The number of carbonyl (C=O) groups excluding carboxylic acids is 1. The summed E-state index contributed by atoms with van der Waals surface area (Å²) in [5.74, 6) is 0.136. The molecule has 0 aliphatic heterocycles. The smallest absolute Gasteiger partial charge is 0.543 e. The Morgan fingerprint density at radius 2 is 1.47 bits per heavy atom. The molecule has 0 heterocycles. The number of rotatable bonds is 2. The summed E-state index contributed by atoms with van der Waals surface area (Å²) in [6.45, 7) is 0. The van der Waals surface area contributed by atoms with Crippen LogP contribution in [0.25, 0.3) is 0 Å². The van der Waals surface area contributed by atoms with Crippen molar-refractivity contribution < 1.29 is 39.5 Å². The molecule has 6 heteroatoms. The number of phenolic OH excluding ortho intramolecular Hbond substituents is 1. The molecule has 0 fully saturated rings. The maximum atomic E-state index is 9.43. The molecule has 0 bridgehead atoms. The largest absolute Gasteiger partial charge is 1.00 e. The molecule has 0 unspecified atom stereocenters. The molecule has 0 radical (unpaired) electrons. The van der Waals surface area contributed by atoms with Gasteiger partial charge in [0, 0.05) is 0 Å². The van der Waals surface area contributed by atoms with Gasteiger partial charge in [-0.05, 0) is 24.3 Å². The van der Waals surface area contributed by atoms with Crippen molar-refractivity contribution in [2.75, 3.05) is 0 Å². The first-order valence-corrected chi connectivity index (χ1v) is 5.10. The van der Waals surface area contributed by atoms with Gasteiger partial charge >= 0.3 is 29.6 Å². The molecule has 3 N–H and O–H groups in total. The number of benzene rings is 2. The molecular formula is C13H12N3NaO2. The predicted molar refractivity (Wildman–Crippen MR) is 68.6 cm³/mol. The Bertz CT molecular complexity index is 518. The molecule has 0 spiro atoms. The van der Waals surface area contributed by atoms with Crippen LogP contribution in [-0.2, 0) is 4.79 Å². The number of para-hydroxylation sites is 1. The SMILES string of the molecule is N[C-]=O.Oc1ccccc1N=Nc1ccccc1.[Na+]. The van der Waals surface area contributed by atoms with Crippen LogP contribution in [0.15, 0.2) is 64.8 Å². The van der Waals surface area contributed by atoms with E-state index in [2.05, 4.69) is 16.0 Å². The van der Waals surface area contributed by atoms with Crippen molar-refractivity contribution in [3.63, 3.8) is 0 Å². The van der Waals surface area contributed by atoms with Gasteiger partial charge in [0.25, 0.3) is 0 Å². The van der Waals surface area contributed by atoms with Crippen LogP contribution in [0.5, 0.6) is 5.75 Å². The van der Waals surface area contributed by atoms with Crippen LogP contribution >= 0.6 is 0 Å². The van der Waals surface area contributed by atoms with Crippen molar-refractivity contribution in [1.29, 1.82) is 0 Å². The van der Waals surface area contributed by atoms with Crippen LogP contribution in [0.1, 0.15) is 0 Å². The fraction of sp³-hybridized carbons (Fsp3) is 0. The van der Waals surface area contributed by atoms with Crippen LogP contribution in [0.3, 0.4) is 0 Å². The molecule has 19 heavy (non-hydrogen) atoms. The van der Waals surface area contributed by atoms with E-state index < -0.39 is 0 Å². The van der Waals surface area contributed by atoms with Gasteiger partial charge in [0.05, 0.1) is 5.69 Å². The Hall–Kier alpha value is -1.69. The predicted octanol–water partition coefficient (Wildman–Crippen LogP) is -0.176. The van der Waals surface area contributed by atoms with E-state index in [4.69, 9.17) is 4.79 Å². The standard InChI is InChI=1S/C12H10N2O.CH2NO.Na/c15-12-9-5-4-8-11(12)14-13-10-6-2-1-3-7-10;2-1-3;/h1-9,15H;(H2,2,3);/q;-1;+1. The van der Waals surface area contributed by atoms with Crippen LogP contribution in [0.2, 0.25) is 0 Å². The molecule has 0 aromatic heterocycles. The Morgan fingerprint density at radius 3 is 2.05 bits per heavy atom. The number of amides is 1. The number of hydrogen-bond donors (Lipinski definition) is 2. The first-order chi connectivity index (χ1) is 8.77. The van der Waals surface area contributed by atoms with E-state index in [-0.39, 0.29) is 35.3 Å². The minimum atomic E-state index is 0. The number of azo groups is 1. The summed E-state index contributed by atoms with van der Waals surface area (Å²) in [5, 5.41) is 17.4. The molecule has 0 aliphatic carbocycles. The second kappa shape index (κ2) is 10.3. The molecule has 2 aromatic rings. The normalized spacial score (nSPS) is 9.05. The van der Waals surface area contributed by atoms with Gasteiger partial charge in [-0.2, -0.15) is 11.5 Å². The Morgan fingerprint density at radius 1 is 0.947 bits per heavy atom. The summed E-state index contributed by atoms with van der Waals surface area (Å²) in [4.78, 5) is 8.46. The third-order valence-corrected chi connectivity index (χ3v) is 1.91. The van der Waals surface area contributed by atoms with Gasteiger partial charge in [-0.3, -0.25) is 0 Å². The first-order valence-electron chi connectivity index (χ1n) is 5.10. The molecular weight excluding hydrogens is 253 g/mol. The zero-order valence-electron chi connectivity index (χ0n) is 10.5. The second-order valence-electron chi connectivity index (χ2n) is 3.14. The van der Waals surface area contributed by atoms with Crippen LogP contribution < -0.4 is 35.3 Å². The van der Waals surface area contributed by atoms with E-state index in [1.807, 2.05) is 30.3 Å². The molecule has 0 aliphatic rings. The number of primary amides is 1. The van der Waals surface area contributed by atoms with Crippen molar-refractivity contribution >= 4 is 17.8 Å². The van der Waals surface area contributed by atoms with Crippen molar-refractivity contribution in [2.45, 2.75) is 0 Å². The summed E-state index contributed by atoms with van der Waals surface area (Å²) in [5.41, 5.74) is 5.28. The molecule has 0 saturated carbocycles. The fourth-order valence-electron chi connectivity index (χ4n) is 1.15. The van der Waals surface area contributed by atoms with E-state index in [1.54, 1.807) is 24.3 Å². The van der Waals surface area contributed by atoms with Crippen molar-refractivity contribution in [1.82, 2.24) is 0 Å². The minimum absolute atomic E-state index is 0. The summed E-state index contributed by atoms with van der Waals surface area (Å²) >= 11 is 0. The number of phenols is 1. The molecule has 5 nitrogen and oxygen atoms in total. The van der Waals surface area contributed by atoms with Gasteiger partial charge in [-0.1, -0.05) is 30.3 Å². The van der Waals surface area contributed by atoms with E-state index in [1.165, 1.54) is 0 Å². The summed E-state index contributed by atoms with van der Waals surface area (Å²) in [6, 6.07) is 16.2. The van der Waals surface area contributed by atoms with Crippen LogP contribution in [0, 0.1) is 0 Å². The van der Waals surface area contributed by atoms with E-state index in [9.17, 15) is 5.11 Å². The maximum absolute atomic E-state index is 9.43. The third-order valence-electron chi connectivity index (χ3n) is 1.91. The van der Waals surface area contributed by atoms with Gasteiger partial charge in [-0.15, -0.1) is 5.11 Å². The number of aromatic hydroxyl groups is 1. The third kappa shape index (κ3) is 6.71. The summed E-state index contributed by atoms with van der Waals surface area (Å²) < 4.78 is 0. The van der Waals surface area contributed by atoms with Gasteiger partial charge in [0.1, 0.15) is 11.4 Å². The average molecular weight is 265 g/mol. The van der Waals surface area contributed by atoms with Crippen molar-refractivity contribution in [3.05, 3.63) is 54.6 Å². The molecule has 2 rings (SSSR count). The van der Waals surface area contributed by atoms with Gasteiger partial charge in [0.15, 0.2) is 0 Å². The fourth-order valence-corrected chi connectivity index (χ4v) is 1.15. The van der Waals surface area contributed by atoms with Gasteiger partial charge in [0.2, 0.25) is 0 Å². The Kier molecular flexibility index (Phi) is 9.34. The summed E-state index contributed by atoms with van der Waals surface area (Å²) in [6.07, 6.45) is 1.00. The average Bonchev–Trinajstić information content (AvgIpc) is 2.40. The number of nitrogens with two attached hydrogens (primary N) is 1. The zero-order chi connectivity index (χ0) is 13.2. The quantitative estimate of drug-likeness (QED) is 0.341. The Labute approximate surface area is 133 Å². The molecule has 1 amide bonds. The molecule has 0 atom stereocenters. The second-order valence-corrected chi connectivity index (χ2v) is 3.14. The topological polar surface area (TPSA) is 88.0 Å². The summed E-state index contributed by atoms with van der Waals surface area (Å²) in [7, 11) is 0. The zero-order valence-corrected chi connectivity index (χ0v) is 12.5. The van der Waals surface area contributed by atoms with E-state index in [0.717, 1.165) is 12.1 Å². The number of hydrogen-bond acceptors (Lipinski definition) is 4.